The van der Waals surface area contributed by atoms with E-state index in [1.165, 1.54) is 0 Å². The molecule has 0 saturated heterocycles. The summed E-state index contributed by atoms with van der Waals surface area (Å²) in [4.78, 5) is 14.8. The van der Waals surface area contributed by atoms with Crippen molar-refractivity contribution < 1.29 is 9.21 Å². The van der Waals surface area contributed by atoms with Crippen LogP contribution in [0.15, 0.2) is 71.1 Å². The Bertz CT molecular complexity index is 1170. The lowest BCUT2D eigenvalue weighted by atomic mass is 10.0. The summed E-state index contributed by atoms with van der Waals surface area (Å²) < 4.78 is 5.78. The number of nitrogens with zero attached hydrogens (tertiary/aromatic N) is 3. The van der Waals surface area contributed by atoms with Crippen LogP contribution in [0.2, 0.25) is 5.02 Å². The van der Waals surface area contributed by atoms with E-state index in [1.807, 2.05) is 43.3 Å². The standard InChI is InChI=1S/C24H22ClN3O2/c1-2-13-28(16-22-26-27-24(30-22)20-9-5-6-10-21(20)25)23(29)15-17-11-12-18-7-3-4-8-19(18)14-17/h3-12,14H,2,13,15-16H2,1H3. The summed E-state index contributed by atoms with van der Waals surface area (Å²) >= 11 is 6.21. The molecular formula is C24H22ClN3O2. The van der Waals surface area contributed by atoms with Gasteiger partial charge in [0, 0.05) is 6.54 Å². The molecule has 0 fully saturated rings. The highest BCUT2D eigenvalue weighted by Gasteiger charge is 2.18. The number of fused-ring (bicyclic) bond motifs is 1. The van der Waals surface area contributed by atoms with Gasteiger partial charge in [-0.3, -0.25) is 4.79 Å². The van der Waals surface area contributed by atoms with Crippen LogP contribution in [-0.4, -0.2) is 27.5 Å². The molecule has 30 heavy (non-hydrogen) atoms. The zero-order valence-corrected chi connectivity index (χ0v) is 17.5. The monoisotopic (exact) mass is 419 g/mol. The van der Waals surface area contributed by atoms with Gasteiger partial charge in [0.25, 0.3) is 0 Å². The fourth-order valence-electron chi connectivity index (χ4n) is 3.42. The molecule has 0 unspecified atom stereocenters. The van der Waals surface area contributed by atoms with Gasteiger partial charge in [-0.2, -0.15) is 0 Å². The first kappa shape index (κ1) is 20.1. The van der Waals surface area contributed by atoms with E-state index < -0.39 is 0 Å². The van der Waals surface area contributed by atoms with Gasteiger partial charge >= 0.3 is 0 Å². The average Bonchev–Trinajstić information content (AvgIpc) is 3.22. The number of carbonyl (C=O) groups excluding carboxylic acids is 1. The van der Waals surface area contributed by atoms with Crippen LogP contribution >= 0.6 is 11.6 Å². The minimum Gasteiger partial charge on any atom is -0.419 e. The molecule has 0 N–H and O–H groups in total. The molecule has 1 aromatic heterocycles. The first-order valence-corrected chi connectivity index (χ1v) is 10.3. The molecule has 0 bridgehead atoms. The van der Waals surface area contributed by atoms with Crippen LogP contribution in [0, 0.1) is 0 Å². The molecule has 0 aliphatic carbocycles. The van der Waals surface area contributed by atoms with Crippen molar-refractivity contribution in [1.82, 2.24) is 15.1 Å². The molecule has 0 aliphatic heterocycles. The lowest BCUT2D eigenvalue weighted by Gasteiger charge is -2.20. The molecule has 0 radical (unpaired) electrons. The Morgan fingerprint density at radius 2 is 1.77 bits per heavy atom. The van der Waals surface area contributed by atoms with E-state index in [0.717, 1.165) is 22.8 Å². The summed E-state index contributed by atoms with van der Waals surface area (Å²) in [5, 5.41) is 11.1. The third-order valence-corrected chi connectivity index (χ3v) is 5.24. The van der Waals surface area contributed by atoms with Crippen molar-refractivity contribution in [3.05, 3.63) is 83.2 Å². The van der Waals surface area contributed by atoms with Crippen LogP contribution in [0.1, 0.15) is 24.8 Å². The number of hydrogen-bond acceptors (Lipinski definition) is 4. The number of benzene rings is 3. The van der Waals surface area contributed by atoms with E-state index in [9.17, 15) is 4.79 Å². The fourth-order valence-corrected chi connectivity index (χ4v) is 3.64. The highest BCUT2D eigenvalue weighted by atomic mass is 35.5. The van der Waals surface area contributed by atoms with Gasteiger partial charge in [-0.05, 0) is 34.9 Å². The van der Waals surface area contributed by atoms with E-state index in [2.05, 4.69) is 34.5 Å². The number of halogens is 1. The molecule has 0 atom stereocenters. The van der Waals surface area contributed by atoms with Crippen LogP contribution in [0.4, 0.5) is 0 Å². The SMILES string of the molecule is CCCN(Cc1nnc(-c2ccccc2Cl)o1)C(=O)Cc1ccc2ccccc2c1. The van der Waals surface area contributed by atoms with Gasteiger partial charge in [0.1, 0.15) is 0 Å². The normalized spacial score (nSPS) is 11.0. The fraction of sp³-hybridized carbons (Fsp3) is 0.208. The van der Waals surface area contributed by atoms with Crippen molar-refractivity contribution in [2.24, 2.45) is 0 Å². The second kappa shape index (κ2) is 9.09. The van der Waals surface area contributed by atoms with E-state index in [4.69, 9.17) is 16.0 Å². The van der Waals surface area contributed by atoms with Gasteiger partial charge < -0.3 is 9.32 Å². The predicted molar refractivity (Wildman–Crippen MR) is 118 cm³/mol. The van der Waals surface area contributed by atoms with Gasteiger partial charge in [0.05, 0.1) is 23.6 Å². The van der Waals surface area contributed by atoms with Gasteiger partial charge in [0.15, 0.2) is 0 Å². The van der Waals surface area contributed by atoms with E-state index in [0.29, 0.717) is 35.3 Å². The molecule has 0 spiro atoms. The predicted octanol–water partition coefficient (Wildman–Crippen LogP) is 5.52. The van der Waals surface area contributed by atoms with Crippen LogP contribution in [0.3, 0.4) is 0 Å². The maximum absolute atomic E-state index is 13.0. The van der Waals surface area contributed by atoms with Crippen molar-refractivity contribution in [1.29, 1.82) is 0 Å². The summed E-state index contributed by atoms with van der Waals surface area (Å²) in [6, 6.07) is 21.6. The molecule has 6 heteroatoms. The number of carbonyl (C=O) groups is 1. The Hall–Kier alpha value is -3.18. The summed E-state index contributed by atoms with van der Waals surface area (Å²) in [6.07, 6.45) is 1.17. The zero-order valence-electron chi connectivity index (χ0n) is 16.7. The maximum atomic E-state index is 13.0. The number of rotatable bonds is 7. The molecule has 1 heterocycles. The van der Waals surface area contributed by atoms with E-state index in [-0.39, 0.29) is 12.5 Å². The second-order valence-electron chi connectivity index (χ2n) is 7.15. The Kier molecular flexibility index (Phi) is 6.10. The van der Waals surface area contributed by atoms with Crippen molar-refractivity contribution in [2.45, 2.75) is 26.3 Å². The quantitative estimate of drug-likeness (QED) is 0.395. The highest BCUT2D eigenvalue weighted by molar-refractivity contribution is 6.33. The molecular weight excluding hydrogens is 398 g/mol. The first-order chi connectivity index (χ1) is 14.6. The Morgan fingerprint density at radius 1 is 1.00 bits per heavy atom. The smallest absolute Gasteiger partial charge is 0.249 e. The number of hydrogen-bond donors (Lipinski definition) is 0. The molecule has 4 rings (SSSR count). The molecule has 0 saturated carbocycles. The lowest BCUT2D eigenvalue weighted by Crippen LogP contribution is -2.32. The van der Waals surface area contributed by atoms with E-state index >= 15 is 0 Å². The summed E-state index contributed by atoms with van der Waals surface area (Å²) in [5.74, 6) is 0.781. The Morgan fingerprint density at radius 3 is 2.57 bits per heavy atom. The summed E-state index contributed by atoms with van der Waals surface area (Å²) in [5.41, 5.74) is 1.67. The average molecular weight is 420 g/mol. The molecule has 4 aromatic rings. The van der Waals surface area contributed by atoms with Crippen molar-refractivity contribution in [3.63, 3.8) is 0 Å². The largest absolute Gasteiger partial charge is 0.419 e. The van der Waals surface area contributed by atoms with Crippen LogP contribution in [0.25, 0.3) is 22.2 Å². The molecule has 3 aromatic carbocycles. The Labute approximate surface area is 180 Å². The van der Waals surface area contributed by atoms with Crippen LogP contribution < -0.4 is 0 Å². The minimum atomic E-state index is 0.0321. The third kappa shape index (κ3) is 4.52. The van der Waals surface area contributed by atoms with Gasteiger partial charge in [0.2, 0.25) is 17.7 Å². The summed E-state index contributed by atoms with van der Waals surface area (Å²) in [7, 11) is 0. The van der Waals surface area contributed by atoms with Crippen LogP contribution in [0.5, 0.6) is 0 Å². The molecule has 5 nitrogen and oxygen atoms in total. The molecule has 1 amide bonds. The van der Waals surface area contributed by atoms with Gasteiger partial charge in [-0.1, -0.05) is 73.1 Å². The molecule has 0 aliphatic rings. The third-order valence-electron chi connectivity index (χ3n) is 4.91. The Balaban J connectivity index is 1.49. The first-order valence-electron chi connectivity index (χ1n) is 9.97. The number of amides is 1. The van der Waals surface area contributed by atoms with Gasteiger partial charge in [-0.25, -0.2) is 0 Å². The summed E-state index contributed by atoms with van der Waals surface area (Å²) in [6.45, 7) is 2.94. The highest BCUT2D eigenvalue weighted by Crippen LogP contribution is 2.26. The maximum Gasteiger partial charge on any atom is 0.249 e. The topological polar surface area (TPSA) is 59.2 Å². The van der Waals surface area contributed by atoms with Crippen molar-refractivity contribution in [3.8, 4) is 11.5 Å². The minimum absolute atomic E-state index is 0.0321. The van der Waals surface area contributed by atoms with E-state index in [1.54, 1.807) is 11.0 Å². The number of aromatic nitrogens is 2. The van der Waals surface area contributed by atoms with Crippen molar-refractivity contribution >= 4 is 28.3 Å². The van der Waals surface area contributed by atoms with Crippen LogP contribution in [-0.2, 0) is 17.8 Å². The van der Waals surface area contributed by atoms with Gasteiger partial charge in [-0.15, -0.1) is 10.2 Å². The molecule has 152 valence electrons. The zero-order chi connectivity index (χ0) is 20.9. The van der Waals surface area contributed by atoms with Crippen molar-refractivity contribution in [2.75, 3.05) is 6.54 Å². The lowest BCUT2D eigenvalue weighted by molar-refractivity contribution is -0.131. The second-order valence-corrected chi connectivity index (χ2v) is 7.56.